The zero-order valence-electron chi connectivity index (χ0n) is 10.1. The van der Waals surface area contributed by atoms with E-state index in [9.17, 15) is 9.18 Å². The third-order valence-corrected chi connectivity index (χ3v) is 2.72. The van der Waals surface area contributed by atoms with Crippen molar-refractivity contribution in [1.82, 2.24) is 0 Å². The first kappa shape index (κ1) is 12.3. The highest BCUT2D eigenvalue weighted by Crippen LogP contribution is 2.17. The molecule has 3 heteroatoms. The van der Waals surface area contributed by atoms with Gasteiger partial charge in [-0.15, -0.1) is 0 Å². The van der Waals surface area contributed by atoms with Crippen LogP contribution in [0.25, 0.3) is 0 Å². The highest BCUT2D eigenvalue weighted by Gasteiger charge is 2.08. The van der Waals surface area contributed by atoms with Crippen molar-refractivity contribution in [3.63, 3.8) is 0 Å². The molecule has 0 atom stereocenters. The Morgan fingerprint density at radius 3 is 2.44 bits per heavy atom. The highest BCUT2D eigenvalue weighted by atomic mass is 19.1. The van der Waals surface area contributed by atoms with Gasteiger partial charge in [-0.2, -0.15) is 0 Å². The lowest BCUT2D eigenvalue weighted by molar-refractivity contribution is 0.102. The van der Waals surface area contributed by atoms with Crippen LogP contribution in [0.2, 0.25) is 0 Å². The topological polar surface area (TPSA) is 29.1 Å². The molecule has 0 saturated heterocycles. The number of hydrogen-bond acceptors (Lipinski definition) is 1. The van der Waals surface area contributed by atoms with E-state index in [4.69, 9.17) is 0 Å². The summed E-state index contributed by atoms with van der Waals surface area (Å²) in [5, 5.41) is 2.72. The number of nitrogens with one attached hydrogen (secondary N) is 1. The van der Waals surface area contributed by atoms with Gasteiger partial charge in [0.05, 0.1) is 0 Å². The van der Waals surface area contributed by atoms with Gasteiger partial charge >= 0.3 is 0 Å². The molecule has 0 unspecified atom stereocenters. The Morgan fingerprint density at radius 2 is 1.78 bits per heavy atom. The van der Waals surface area contributed by atoms with Gasteiger partial charge < -0.3 is 5.32 Å². The fourth-order valence-electron chi connectivity index (χ4n) is 1.66. The molecule has 1 N–H and O–H groups in total. The maximum atomic E-state index is 12.7. The number of amides is 1. The number of rotatable bonds is 3. The second-order valence-electron chi connectivity index (χ2n) is 4.11. The van der Waals surface area contributed by atoms with Crippen LogP contribution in [0.1, 0.15) is 21.5 Å². The average Bonchev–Trinajstić information content (AvgIpc) is 2.40. The number of aryl methyl sites for hydroxylation is 1. The van der Waals surface area contributed by atoms with Gasteiger partial charge in [-0.25, -0.2) is 4.39 Å². The first-order valence-corrected chi connectivity index (χ1v) is 5.72. The second kappa shape index (κ2) is 5.45. The van der Waals surface area contributed by atoms with E-state index in [1.807, 2.05) is 19.1 Å². The van der Waals surface area contributed by atoms with E-state index in [0.717, 1.165) is 5.56 Å². The third kappa shape index (κ3) is 2.74. The van der Waals surface area contributed by atoms with Gasteiger partial charge in [-0.3, -0.25) is 4.79 Å². The minimum atomic E-state index is -0.593. The molecule has 0 aliphatic rings. The summed E-state index contributed by atoms with van der Waals surface area (Å²) in [5.74, 6) is -0.226. The number of anilines is 1. The fraction of sp³-hybridized carbons (Fsp3) is 0.133. The summed E-state index contributed by atoms with van der Waals surface area (Å²) in [6.45, 7) is 1.37. The maximum Gasteiger partial charge on any atom is 0.255 e. The van der Waals surface area contributed by atoms with Crippen molar-refractivity contribution < 1.29 is 9.18 Å². The van der Waals surface area contributed by atoms with Crippen LogP contribution in [0, 0.1) is 6.92 Å². The summed E-state index contributed by atoms with van der Waals surface area (Å²) in [4.78, 5) is 12.0. The number of hydrogen-bond donors (Lipinski definition) is 1. The SMILES string of the molecule is Cc1ccc(C(=O)Nc2ccccc2CF)cc1. The largest absolute Gasteiger partial charge is 0.322 e. The van der Waals surface area contributed by atoms with Crippen LogP contribution in [-0.2, 0) is 6.67 Å². The average molecular weight is 243 g/mol. The molecule has 2 rings (SSSR count). The van der Waals surface area contributed by atoms with E-state index >= 15 is 0 Å². The summed E-state index contributed by atoms with van der Waals surface area (Å²) in [5.41, 5.74) is 2.66. The van der Waals surface area contributed by atoms with Crippen LogP contribution in [-0.4, -0.2) is 5.91 Å². The second-order valence-corrected chi connectivity index (χ2v) is 4.11. The molecule has 92 valence electrons. The van der Waals surface area contributed by atoms with E-state index in [1.165, 1.54) is 0 Å². The van der Waals surface area contributed by atoms with E-state index in [0.29, 0.717) is 16.8 Å². The Morgan fingerprint density at radius 1 is 1.11 bits per heavy atom. The lowest BCUT2D eigenvalue weighted by Crippen LogP contribution is -2.12. The van der Waals surface area contributed by atoms with Gasteiger partial charge in [0.15, 0.2) is 0 Å². The smallest absolute Gasteiger partial charge is 0.255 e. The normalized spacial score (nSPS) is 10.1. The molecule has 0 spiro atoms. The maximum absolute atomic E-state index is 12.7. The molecule has 0 fully saturated rings. The molecular weight excluding hydrogens is 229 g/mol. The Labute approximate surface area is 105 Å². The van der Waals surface area contributed by atoms with Gasteiger partial charge in [-0.1, -0.05) is 35.9 Å². The number of benzene rings is 2. The quantitative estimate of drug-likeness (QED) is 0.874. The van der Waals surface area contributed by atoms with Crippen LogP contribution < -0.4 is 5.32 Å². The molecule has 0 aliphatic carbocycles. The van der Waals surface area contributed by atoms with Crippen molar-refractivity contribution in [1.29, 1.82) is 0 Å². The monoisotopic (exact) mass is 243 g/mol. The van der Waals surface area contributed by atoms with Crippen molar-refractivity contribution in [3.05, 3.63) is 65.2 Å². The highest BCUT2D eigenvalue weighted by molar-refractivity contribution is 6.04. The Hall–Kier alpha value is -2.16. The zero-order valence-corrected chi connectivity index (χ0v) is 10.1. The summed E-state index contributed by atoms with van der Waals surface area (Å²) in [7, 11) is 0. The first-order chi connectivity index (χ1) is 8.70. The molecular formula is C15H14FNO. The molecule has 2 aromatic carbocycles. The molecule has 2 aromatic rings. The van der Waals surface area contributed by atoms with Crippen molar-refractivity contribution >= 4 is 11.6 Å². The molecule has 1 amide bonds. The van der Waals surface area contributed by atoms with E-state index in [2.05, 4.69) is 5.32 Å². The van der Waals surface area contributed by atoms with Crippen LogP contribution in [0.15, 0.2) is 48.5 Å². The first-order valence-electron chi connectivity index (χ1n) is 5.72. The summed E-state index contributed by atoms with van der Waals surface area (Å²) in [6, 6.07) is 14.1. The number of carbonyl (C=O) groups excluding carboxylic acids is 1. The standard InChI is InChI=1S/C15H14FNO/c1-11-6-8-12(9-7-11)15(18)17-14-5-3-2-4-13(14)10-16/h2-9H,10H2,1H3,(H,17,18). The number of halogens is 1. The van der Waals surface area contributed by atoms with E-state index in [-0.39, 0.29) is 5.91 Å². The van der Waals surface area contributed by atoms with Crippen LogP contribution in [0.3, 0.4) is 0 Å². The molecule has 18 heavy (non-hydrogen) atoms. The predicted octanol–water partition coefficient (Wildman–Crippen LogP) is 3.72. The predicted molar refractivity (Wildman–Crippen MR) is 70.4 cm³/mol. The van der Waals surface area contributed by atoms with Crippen molar-refractivity contribution in [3.8, 4) is 0 Å². The van der Waals surface area contributed by atoms with E-state index in [1.54, 1.807) is 36.4 Å². The van der Waals surface area contributed by atoms with Gasteiger partial charge in [0.1, 0.15) is 6.67 Å². The van der Waals surface area contributed by atoms with Crippen LogP contribution in [0.5, 0.6) is 0 Å². The summed E-state index contributed by atoms with van der Waals surface area (Å²) in [6.07, 6.45) is 0. The molecule has 2 nitrogen and oxygen atoms in total. The van der Waals surface area contributed by atoms with Gasteiger partial charge in [-0.05, 0) is 25.1 Å². The van der Waals surface area contributed by atoms with Crippen molar-refractivity contribution in [2.45, 2.75) is 13.6 Å². The van der Waals surface area contributed by atoms with Crippen molar-refractivity contribution in [2.75, 3.05) is 5.32 Å². The van der Waals surface area contributed by atoms with Gasteiger partial charge in [0.2, 0.25) is 0 Å². The minimum absolute atomic E-state index is 0.226. The van der Waals surface area contributed by atoms with E-state index < -0.39 is 6.67 Å². The lowest BCUT2D eigenvalue weighted by atomic mass is 10.1. The lowest BCUT2D eigenvalue weighted by Gasteiger charge is -2.08. The Kier molecular flexibility index (Phi) is 3.72. The Balaban J connectivity index is 2.18. The zero-order chi connectivity index (χ0) is 13.0. The minimum Gasteiger partial charge on any atom is -0.322 e. The molecule has 0 radical (unpaired) electrons. The summed E-state index contributed by atoms with van der Waals surface area (Å²) >= 11 is 0. The van der Waals surface area contributed by atoms with Crippen LogP contribution >= 0.6 is 0 Å². The number of para-hydroxylation sites is 1. The molecule has 0 bridgehead atoms. The molecule has 0 heterocycles. The summed E-state index contributed by atoms with van der Waals surface area (Å²) < 4.78 is 12.7. The molecule has 0 aliphatic heterocycles. The number of alkyl halides is 1. The fourth-order valence-corrected chi connectivity index (χ4v) is 1.66. The third-order valence-electron chi connectivity index (χ3n) is 2.72. The Bertz CT molecular complexity index is 549. The van der Waals surface area contributed by atoms with Gasteiger partial charge in [0, 0.05) is 16.8 Å². The molecule has 0 saturated carbocycles. The van der Waals surface area contributed by atoms with Crippen molar-refractivity contribution in [2.24, 2.45) is 0 Å². The number of carbonyl (C=O) groups is 1. The molecule has 0 aromatic heterocycles. The van der Waals surface area contributed by atoms with Crippen LogP contribution in [0.4, 0.5) is 10.1 Å². The van der Waals surface area contributed by atoms with Gasteiger partial charge in [0.25, 0.3) is 5.91 Å².